The van der Waals surface area contributed by atoms with Crippen LogP contribution in [0, 0.1) is 0 Å². The number of rotatable bonds is 5. The summed E-state index contributed by atoms with van der Waals surface area (Å²) in [5.74, 6) is -0.431. The fourth-order valence-corrected chi connectivity index (χ4v) is 4.62. The summed E-state index contributed by atoms with van der Waals surface area (Å²) in [6.07, 6.45) is 2.52. The number of nitrogens with zero attached hydrogens (tertiary/aromatic N) is 1. The third kappa shape index (κ3) is 3.49. The van der Waals surface area contributed by atoms with Gasteiger partial charge in [0.2, 0.25) is 10.0 Å². The van der Waals surface area contributed by atoms with E-state index in [-0.39, 0.29) is 28.8 Å². The van der Waals surface area contributed by atoms with Crippen LogP contribution in [0.1, 0.15) is 29.6 Å². The Morgan fingerprint density at radius 2 is 2.09 bits per heavy atom. The Labute approximate surface area is 136 Å². The molecule has 1 heterocycles. The molecule has 1 aliphatic rings. The number of sulfonamides is 1. The van der Waals surface area contributed by atoms with E-state index in [9.17, 15) is 13.2 Å². The molecule has 1 fully saturated rings. The molecule has 8 heteroatoms. The Morgan fingerprint density at radius 1 is 1.35 bits per heavy atom. The highest BCUT2D eigenvalue weighted by Crippen LogP contribution is 2.31. The second-order valence-corrected chi connectivity index (χ2v) is 7.22. The molecule has 0 radical (unpaired) electrons. The van der Waals surface area contributed by atoms with Crippen molar-refractivity contribution in [2.24, 2.45) is 5.73 Å². The van der Waals surface area contributed by atoms with E-state index in [1.807, 2.05) is 0 Å². The Bertz CT molecular complexity index is 674. The number of carbonyl (C=O) groups is 1. The van der Waals surface area contributed by atoms with Crippen molar-refractivity contribution in [2.75, 3.05) is 27.3 Å². The molecular weight excluding hydrogens is 320 g/mol. The van der Waals surface area contributed by atoms with Gasteiger partial charge in [0.25, 0.3) is 0 Å². The van der Waals surface area contributed by atoms with Gasteiger partial charge in [-0.2, -0.15) is 4.31 Å². The first kappa shape index (κ1) is 17.7. The van der Waals surface area contributed by atoms with E-state index in [4.69, 9.17) is 10.5 Å². The Kier molecular flexibility index (Phi) is 5.61. The molecule has 0 bridgehead atoms. The smallest absolute Gasteiger partial charge is 0.337 e. The minimum absolute atomic E-state index is 0.0352. The molecule has 0 aliphatic carbocycles. The van der Waals surface area contributed by atoms with Crippen LogP contribution < -0.4 is 10.5 Å². The number of piperidine rings is 1. The molecule has 1 unspecified atom stereocenters. The minimum Gasteiger partial charge on any atom is -0.495 e. The monoisotopic (exact) mass is 342 g/mol. The maximum absolute atomic E-state index is 13.0. The summed E-state index contributed by atoms with van der Waals surface area (Å²) in [5, 5.41) is 0. The summed E-state index contributed by atoms with van der Waals surface area (Å²) < 4.78 is 37.2. The lowest BCUT2D eigenvalue weighted by molar-refractivity contribution is 0.0600. The van der Waals surface area contributed by atoms with Gasteiger partial charge in [0.05, 0.1) is 19.8 Å². The van der Waals surface area contributed by atoms with E-state index in [1.165, 1.54) is 36.7 Å². The van der Waals surface area contributed by atoms with Crippen LogP contribution in [0.4, 0.5) is 0 Å². The molecule has 23 heavy (non-hydrogen) atoms. The van der Waals surface area contributed by atoms with Crippen LogP contribution in [-0.2, 0) is 14.8 Å². The highest BCUT2D eigenvalue weighted by molar-refractivity contribution is 7.89. The van der Waals surface area contributed by atoms with Crippen molar-refractivity contribution >= 4 is 16.0 Å². The van der Waals surface area contributed by atoms with Crippen LogP contribution in [0.5, 0.6) is 5.75 Å². The zero-order valence-corrected chi connectivity index (χ0v) is 14.1. The summed E-state index contributed by atoms with van der Waals surface area (Å²) in [5.41, 5.74) is 5.96. The van der Waals surface area contributed by atoms with Gasteiger partial charge in [-0.15, -0.1) is 0 Å². The van der Waals surface area contributed by atoms with Crippen molar-refractivity contribution in [2.45, 2.75) is 30.2 Å². The zero-order valence-electron chi connectivity index (χ0n) is 13.3. The second kappa shape index (κ2) is 7.29. The van der Waals surface area contributed by atoms with Gasteiger partial charge in [-0.05, 0) is 31.0 Å². The highest BCUT2D eigenvalue weighted by atomic mass is 32.2. The Morgan fingerprint density at radius 3 is 2.70 bits per heavy atom. The lowest BCUT2D eigenvalue weighted by Gasteiger charge is -2.34. The van der Waals surface area contributed by atoms with Crippen LogP contribution in [0.15, 0.2) is 23.1 Å². The van der Waals surface area contributed by atoms with Gasteiger partial charge in [-0.25, -0.2) is 13.2 Å². The first-order valence-corrected chi connectivity index (χ1v) is 8.88. The fourth-order valence-electron chi connectivity index (χ4n) is 2.78. The SMILES string of the molecule is COC(=O)c1ccc(S(=O)(=O)N2CCCCC2CN)c(OC)c1. The van der Waals surface area contributed by atoms with Gasteiger partial charge in [0.15, 0.2) is 0 Å². The number of benzene rings is 1. The van der Waals surface area contributed by atoms with Crippen LogP contribution in [0.25, 0.3) is 0 Å². The van der Waals surface area contributed by atoms with Crippen molar-refractivity contribution in [3.63, 3.8) is 0 Å². The second-order valence-electron chi connectivity index (χ2n) is 5.36. The summed E-state index contributed by atoms with van der Waals surface area (Å²) in [6, 6.07) is 3.96. The summed E-state index contributed by atoms with van der Waals surface area (Å²) in [4.78, 5) is 11.6. The van der Waals surface area contributed by atoms with Gasteiger partial charge in [-0.1, -0.05) is 6.42 Å². The summed E-state index contributed by atoms with van der Waals surface area (Å²) in [7, 11) is -1.11. The molecule has 0 spiro atoms. The molecule has 0 aromatic heterocycles. The third-order valence-corrected chi connectivity index (χ3v) is 6.01. The van der Waals surface area contributed by atoms with Gasteiger partial charge in [0, 0.05) is 19.1 Å². The van der Waals surface area contributed by atoms with Crippen molar-refractivity contribution in [1.29, 1.82) is 0 Å². The number of methoxy groups -OCH3 is 2. The van der Waals surface area contributed by atoms with Gasteiger partial charge < -0.3 is 15.2 Å². The maximum atomic E-state index is 13.0. The van der Waals surface area contributed by atoms with E-state index >= 15 is 0 Å². The van der Waals surface area contributed by atoms with Crippen molar-refractivity contribution < 1.29 is 22.7 Å². The molecule has 1 aromatic carbocycles. The number of nitrogens with two attached hydrogens (primary N) is 1. The molecule has 1 atom stereocenters. The lowest BCUT2D eigenvalue weighted by Crippen LogP contribution is -2.47. The summed E-state index contributed by atoms with van der Waals surface area (Å²) >= 11 is 0. The number of carbonyl (C=O) groups excluding carboxylic acids is 1. The Balaban J connectivity index is 2.44. The fraction of sp³-hybridized carbons (Fsp3) is 0.533. The maximum Gasteiger partial charge on any atom is 0.337 e. The zero-order chi connectivity index (χ0) is 17.0. The van der Waals surface area contributed by atoms with E-state index in [0.29, 0.717) is 6.54 Å². The van der Waals surface area contributed by atoms with E-state index < -0.39 is 16.0 Å². The Hall–Kier alpha value is -1.64. The predicted octanol–water partition coefficient (Wildman–Crippen LogP) is 0.984. The third-order valence-electron chi connectivity index (χ3n) is 4.02. The summed E-state index contributed by atoms with van der Waals surface area (Å²) in [6.45, 7) is 0.716. The molecule has 1 saturated heterocycles. The average Bonchev–Trinajstić information content (AvgIpc) is 2.60. The van der Waals surface area contributed by atoms with Crippen molar-refractivity contribution in [3.8, 4) is 5.75 Å². The molecule has 1 aromatic rings. The van der Waals surface area contributed by atoms with Crippen molar-refractivity contribution in [1.82, 2.24) is 4.31 Å². The van der Waals surface area contributed by atoms with Gasteiger partial charge in [-0.3, -0.25) is 0 Å². The highest BCUT2D eigenvalue weighted by Gasteiger charge is 2.34. The van der Waals surface area contributed by atoms with Crippen LogP contribution >= 0.6 is 0 Å². The topological polar surface area (TPSA) is 98.9 Å². The number of ether oxygens (including phenoxy) is 2. The first-order chi connectivity index (χ1) is 11.0. The minimum atomic E-state index is -3.74. The molecular formula is C15H22N2O5S. The van der Waals surface area contributed by atoms with Crippen LogP contribution in [0.2, 0.25) is 0 Å². The van der Waals surface area contributed by atoms with Gasteiger partial charge >= 0.3 is 5.97 Å². The van der Waals surface area contributed by atoms with E-state index in [2.05, 4.69) is 4.74 Å². The van der Waals surface area contributed by atoms with Crippen LogP contribution in [-0.4, -0.2) is 52.0 Å². The number of hydrogen-bond acceptors (Lipinski definition) is 6. The van der Waals surface area contributed by atoms with Crippen molar-refractivity contribution in [3.05, 3.63) is 23.8 Å². The molecule has 2 rings (SSSR count). The van der Waals surface area contributed by atoms with E-state index in [0.717, 1.165) is 19.3 Å². The lowest BCUT2D eigenvalue weighted by atomic mass is 10.1. The standard InChI is InChI=1S/C15H22N2O5S/c1-21-13-9-11(15(18)22-2)6-7-14(13)23(19,20)17-8-4-3-5-12(17)10-16/h6-7,9,12H,3-5,8,10,16H2,1-2H3. The molecule has 7 nitrogen and oxygen atoms in total. The normalized spacial score (nSPS) is 19.3. The quantitative estimate of drug-likeness (QED) is 0.801. The average molecular weight is 342 g/mol. The molecule has 0 saturated carbocycles. The molecule has 1 aliphatic heterocycles. The number of hydrogen-bond donors (Lipinski definition) is 1. The predicted molar refractivity (Wildman–Crippen MR) is 84.9 cm³/mol. The number of esters is 1. The first-order valence-electron chi connectivity index (χ1n) is 7.44. The van der Waals surface area contributed by atoms with Gasteiger partial charge in [0.1, 0.15) is 10.6 Å². The molecule has 2 N–H and O–H groups in total. The van der Waals surface area contributed by atoms with Crippen LogP contribution in [0.3, 0.4) is 0 Å². The molecule has 0 amide bonds. The van der Waals surface area contributed by atoms with E-state index in [1.54, 1.807) is 0 Å². The molecule has 128 valence electrons. The largest absolute Gasteiger partial charge is 0.495 e.